The number of benzene rings is 1. The molecule has 0 aromatic heterocycles. The lowest BCUT2D eigenvalue weighted by Crippen LogP contribution is -2.25. The molecule has 4 N–H and O–H groups in total. The van der Waals surface area contributed by atoms with E-state index in [9.17, 15) is 9.59 Å². The van der Waals surface area contributed by atoms with Crippen molar-refractivity contribution in [3.63, 3.8) is 0 Å². The van der Waals surface area contributed by atoms with Gasteiger partial charge in [-0.15, -0.1) is 0 Å². The average Bonchev–Trinajstić information content (AvgIpc) is 2.53. The minimum absolute atomic E-state index is 0.293. The summed E-state index contributed by atoms with van der Waals surface area (Å²) in [5.74, 6) is -0.124. The summed E-state index contributed by atoms with van der Waals surface area (Å²) in [6.45, 7) is 2.97. The predicted octanol–water partition coefficient (Wildman–Crippen LogP) is 0.557. The van der Waals surface area contributed by atoms with Gasteiger partial charge in [0.25, 0.3) is 5.91 Å². The number of nitrogens with zero attached hydrogens (tertiary/aromatic N) is 1. The van der Waals surface area contributed by atoms with E-state index in [1.54, 1.807) is 17.6 Å². The first-order chi connectivity index (χ1) is 10.1. The Hall–Kier alpha value is -2.12. The van der Waals surface area contributed by atoms with Crippen molar-refractivity contribution in [2.75, 3.05) is 25.0 Å². The van der Waals surface area contributed by atoms with Gasteiger partial charge < -0.3 is 15.4 Å². The Kier molecular flexibility index (Phi) is 6.64. The van der Waals surface area contributed by atoms with Crippen molar-refractivity contribution >= 4 is 17.9 Å². The summed E-state index contributed by atoms with van der Waals surface area (Å²) in [6.07, 6.45) is 0.491. The van der Waals surface area contributed by atoms with Crippen molar-refractivity contribution in [2.24, 2.45) is 5.73 Å². The van der Waals surface area contributed by atoms with Crippen molar-refractivity contribution in [3.8, 4) is 5.75 Å². The maximum atomic E-state index is 11.5. The second kappa shape index (κ2) is 8.23. The molecule has 0 bridgehead atoms. The molecule has 1 unspecified atom stereocenters. The van der Waals surface area contributed by atoms with E-state index in [-0.39, 0.29) is 0 Å². The van der Waals surface area contributed by atoms with E-state index in [4.69, 9.17) is 15.7 Å². The molecule has 0 heterocycles. The van der Waals surface area contributed by atoms with E-state index in [0.717, 1.165) is 0 Å². The summed E-state index contributed by atoms with van der Waals surface area (Å²) in [5, 5.41) is 8.69. The number of amides is 1. The van der Waals surface area contributed by atoms with Gasteiger partial charge >= 0.3 is 0 Å². The first-order valence-corrected chi connectivity index (χ1v) is 6.69. The Labute approximate surface area is 123 Å². The standard InChI is InChI=1S/C14H21N3O4/c1-3-17(2)12-8-10(14(19)16-20)4-5-13(12)21-11(9-18)6-7-15/h4-5,8-9,11,20H,3,6-7,15H2,1-2H3,(H,16,19). The van der Waals surface area contributed by atoms with Crippen molar-refractivity contribution in [1.29, 1.82) is 0 Å². The highest BCUT2D eigenvalue weighted by atomic mass is 16.5. The first-order valence-electron chi connectivity index (χ1n) is 6.69. The van der Waals surface area contributed by atoms with Crippen molar-refractivity contribution in [3.05, 3.63) is 23.8 Å². The van der Waals surface area contributed by atoms with Gasteiger partial charge in [-0.25, -0.2) is 5.48 Å². The minimum atomic E-state index is -0.628. The number of nitrogens with one attached hydrogen (secondary N) is 1. The van der Waals surface area contributed by atoms with Crippen LogP contribution in [0.4, 0.5) is 5.69 Å². The van der Waals surface area contributed by atoms with Crippen LogP contribution < -0.4 is 20.9 Å². The molecule has 116 valence electrons. The molecule has 21 heavy (non-hydrogen) atoms. The van der Waals surface area contributed by atoms with Crippen molar-refractivity contribution < 1.29 is 19.5 Å². The van der Waals surface area contributed by atoms with Gasteiger partial charge in [-0.2, -0.15) is 0 Å². The molecule has 1 rings (SSSR count). The minimum Gasteiger partial charge on any atom is -0.481 e. The molecule has 1 atom stereocenters. The summed E-state index contributed by atoms with van der Waals surface area (Å²) in [7, 11) is 1.83. The topological polar surface area (TPSA) is 105 Å². The third-order valence-corrected chi connectivity index (χ3v) is 3.09. The number of hydroxylamine groups is 1. The zero-order valence-electron chi connectivity index (χ0n) is 12.2. The van der Waals surface area contributed by atoms with E-state index in [0.29, 0.717) is 42.8 Å². The smallest absolute Gasteiger partial charge is 0.274 e. The first kappa shape index (κ1) is 16.9. The van der Waals surface area contributed by atoms with Gasteiger partial charge in [0, 0.05) is 25.6 Å². The fourth-order valence-electron chi connectivity index (χ4n) is 1.77. The zero-order chi connectivity index (χ0) is 15.8. The summed E-state index contributed by atoms with van der Waals surface area (Å²) >= 11 is 0. The molecule has 7 nitrogen and oxygen atoms in total. The van der Waals surface area contributed by atoms with Crippen LogP contribution in [0.5, 0.6) is 5.75 Å². The maximum Gasteiger partial charge on any atom is 0.274 e. The van der Waals surface area contributed by atoms with Gasteiger partial charge in [0.15, 0.2) is 12.4 Å². The SMILES string of the molecule is CCN(C)c1cc(C(=O)NO)ccc1OC(C=O)CCN. The molecule has 0 saturated heterocycles. The highest BCUT2D eigenvalue weighted by Crippen LogP contribution is 2.30. The number of nitrogens with two attached hydrogens (primary N) is 1. The normalized spacial score (nSPS) is 11.6. The van der Waals surface area contributed by atoms with Crippen LogP contribution in [-0.4, -0.2) is 43.6 Å². The summed E-state index contributed by atoms with van der Waals surface area (Å²) < 4.78 is 5.64. The summed E-state index contributed by atoms with van der Waals surface area (Å²) in [6, 6.07) is 4.70. The van der Waals surface area contributed by atoms with E-state index in [2.05, 4.69) is 0 Å². The van der Waals surface area contributed by atoms with Crippen LogP contribution in [0.3, 0.4) is 0 Å². The molecule has 0 aliphatic heterocycles. The lowest BCUT2D eigenvalue weighted by Gasteiger charge is -2.23. The quantitative estimate of drug-likeness (QED) is 0.367. The van der Waals surface area contributed by atoms with Gasteiger partial charge in [-0.3, -0.25) is 14.8 Å². The van der Waals surface area contributed by atoms with Gasteiger partial charge in [-0.1, -0.05) is 0 Å². The fourth-order valence-corrected chi connectivity index (χ4v) is 1.77. The highest BCUT2D eigenvalue weighted by Gasteiger charge is 2.16. The number of ether oxygens (including phenoxy) is 1. The average molecular weight is 295 g/mol. The van der Waals surface area contributed by atoms with Crippen LogP contribution in [-0.2, 0) is 4.79 Å². The lowest BCUT2D eigenvalue weighted by atomic mass is 10.1. The van der Waals surface area contributed by atoms with Crippen LogP contribution in [0.1, 0.15) is 23.7 Å². The number of aldehydes is 1. The molecule has 1 aromatic rings. The van der Waals surface area contributed by atoms with Gasteiger partial charge in [0.05, 0.1) is 5.69 Å². The van der Waals surface area contributed by atoms with E-state index in [1.807, 2.05) is 18.9 Å². The molecule has 0 saturated carbocycles. The van der Waals surface area contributed by atoms with Crippen LogP contribution >= 0.6 is 0 Å². The molecule has 7 heteroatoms. The molecule has 1 amide bonds. The Balaban J connectivity index is 3.12. The largest absolute Gasteiger partial charge is 0.481 e. The van der Waals surface area contributed by atoms with Gasteiger partial charge in [-0.05, 0) is 31.7 Å². The molecular weight excluding hydrogens is 274 g/mol. The number of hydrogen-bond donors (Lipinski definition) is 3. The van der Waals surface area contributed by atoms with Gasteiger partial charge in [0.2, 0.25) is 0 Å². The van der Waals surface area contributed by atoms with Crippen LogP contribution in [0.2, 0.25) is 0 Å². The third kappa shape index (κ3) is 4.44. The monoisotopic (exact) mass is 295 g/mol. The van der Waals surface area contributed by atoms with Crippen LogP contribution in [0, 0.1) is 0 Å². The number of carbonyl (C=O) groups excluding carboxylic acids is 2. The van der Waals surface area contributed by atoms with Gasteiger partial charge in [0.1, 0.15) is 5.75 Å². The highest BCUT2D eigenvalue weighted by molar-refractivity contribution is 5.94. The fraction of sp³-hybridized carbons (Fsp3) is 0.429. The Morgan fingerprint density at radius 1 is 1.57 bits per heavy atom. The molecule has 0 aliphatic rings. The summed E-state index contributed by atoms with van der Waals surface area (Å²) in [5.41, 5.74) is 7.97. The van der Waals surface area contributed by atoms with Crippen molar-refractivity contribution in [2.45, 2.75) is 19.4 Å². The molecule has 0 spiro atoms. The number of anilines is 1. The second-order valence-corrected chi connectivity index (χ2v) is 4.51. The molecule has 0 radical (unpaired) electrons. The number of rotatable bonds is 8. The summed E-state index contributed by atoms with van der Waals surface area (Å²) in [4.78, 5) is 24.3. The third-order valence-electron chi connectivity index (χ3n) is 3.09. The second-order valence-electron chi connectivity index (χ2n) is 4.51. The lowest BCUT2D eigenvalue weighted by molar-refractivity contribution is -0.113. The molecule has 0 fully saturated rings. The Morgan fingerprint density at radius 3 is 2.81 bits per heavy atom. The zero-order valence-corrected chi connectivity index (χ0v) is 12.2. The Bertz CT molecular complexity index is 493. The van der Waals surface area contributed by atoms with E-state index >= 15 is 0 Å². The van der Waals surface area contributed by atoms with Crippen LogP contribution in [0.15, 0.2) is 18.2 Å². The predicted molar refractivity (Wildman–Crippen MR) is 78.8 cm³/mol. The molecule has 1 aromatic carbocycles. The number of carbonyl (C=O) groups is 2. The van der Waals surface area contributed by atoms with E-state index < -0.39 is 12.0 Å². The molecule has 0 aliphatic carbocycles. The van der Waals surface area contributed by atoms with Crippen molar-refractivity contribution in [1.82, 2.24) is 5.48 Å². The van der Waals surface area contributed by atoms with E-state index in [1.165, 1.54) is 6.07 Å². The molecular formula is C14H21N3O4. The Morgan fingerprint density at radius 2 is 2.29 bits per heavy atom. The van der Waals surface area contributed by atoms with Crippen LogP contribution in [0.25, 0.3) is 0 Å². The number of hydrogen-bond acceptors (Lipinski definition) is 6. The maximum absolute atomic E-state index is 11.5.